The summed E-state index contributed by atoms with van der Waals surface area (Å²) in [6.07, 6.45) is 1.96. The van der Waals surface area contributed by atoms with Gasteiger partial charge in [0.05, 0.1) is 18.1 Å². The number of aromatic nitrogens is 2. The summed E-state index contributed by atoms with van der Waals surface area (Å²) < 4.78 is 10.8. The summed E-state index contributed by atoms with van der Waals surface area (Å²) in [7, 11) is 0. The Kier molecular flexibility index (Phi) is 6.13. The summed E-state index contributed by atoms with van der Waals surface area (Å²) in [4.78, 5) is 12.1. The van der Waals surface area contributed by atoms with Crippen molar-refractivity contribution in [3.63, 3.8) is 0 Å². The number of Topliss-reactive ketones (excluding diaryl/α,β-unsaturated/α-hetero) is 1. The highest BCUT2D eigenvalue weighted by atomic mass is 32.2. The first-order valence-electron chi connectivity index (χ1n) is 6.43. The van der Waals surface area contributed by atoms with Gasteiger partial charge in [0.25, 0.3) is 5.22 Å². The Balaban J connectivity index is 1.88. The smallest absolute Gasteiger partial charge is 0.277 e. The van der Waals surface area contributed by atoms with E-state index in [9.17, 15) is 4.79 Å². The van der Waals surface area contributed by atoms with Gasteiger partial charge in [-0.2, -0.15) is 11.8 Å². The van der Waals surface area contributed by atoms with Crippen molar-refractivity contribution >= 4 is 29.3 Å². The first-order valence-corrected chi connectivity index (χ1v) is 8.81. The Morgan fingerprint density at radius 2 is 2.05 bits per heavy atom. The molecule has 21 heavy (non-hydrogen) atoms. The van der Waals surface area contributed by atoms with E-state index in [1.54, 1.807) is 36.0 Å². The highest BCUT2D eigenvalue weighted by Gasteiger charge is 2.11. The van der Waals surface area contributed by atoms with Gasteiger partial charge in [-0.3, -0.25) is 4.79 Å². The lowest BCUT2D eigenvalue weighted by atomic mass is 10.1. The number of hydrogen-bond acceptors (Lipinski definition) is 7. The molecule has 0 unspecified atom stereocenters. The van der Waals surface area contributed by atoms with Crippen LogP contribution in [0.1, 0.15) is 23.2 Å². The number of carbonyl (C=O) groups is 1. The van der Waals surface area contributed by atoms with Crippen LogP contribution in [0.25, 0.3) is 0 Å². The van der Waals surface area contributed by atoms with Crippen LogP contribution in [0.4, 0.5) is 0 Å². The number of thioether (sulfide) groups is 2. The molecule has 0 aliphatic heterocycles. The van der Waals surface area contributed by atoms with Gasteiger partial charge in [-0.1, -0.05) is 11.8 Å². The standard InChI is InChI=1S/C14H16N2O3S2/c1-3-18-11-6-4-10(5-7-11)12(17)8-21-14-16-15-13(19-14)9-20-2/h4-7H,3,8-9H2,1-2H3. The fourth-order valence-electron chi connectivity index (χ4n) is 1.59. The SMILES string of the molecule is CCOc1ccc(C(=O)CSc2nnc(CSC)o2)cc1. The van der Waals surface area contributed by atoms with Gasteiger partial charge in [0.2, 0.25) is 5.89 Å². The molecular weight excluding hydrogens is 308 g/mol. The van der Waals surface area contributed by atoms with Crippen molar-refractivity contribution in [1.29, 1.82) is 0 Å². The molecule has 2 aromatic rings. The van der Waals surface area contributed by atoms with E-state index >= 15 is 0 Å². The monoisotopic (exact) mass is 324 g/mol. The second-order valence-electron chi connectivity index (χ2n) is 4.06. The molecule has 0 aliphatic carbocycles. The van der Waals surface area contributed by atoms with Crippen LogP contribution in [0.3, 0.4) is 0 Å². The minimum Gasteiger partial charge on any atom is -0.494 e. The van der Waals surface area contributed by atoms with Gasteiger partial charge in [-0.25, -0.2) is 0 Å². The maximum absolute atomic E-state index is 12.1. The third kappa shape index (κ3) is 4.78. The summed E-state index contributed by atoms with van der Waals surface area (Å²) in [6, 6.07) is 7.12. The van der Waals surface area contributed by atoms with Gasteiger partial charge in [0.1, 0.15) is 5.75 Å². The number of ether oxygens (including phenoxy) is 1. The van der Waals surface area contributed by atoms with E-state index in [1.807, 2.05) is 13.2 Å². The van der Waals surface area contributed by atoms with Gasteiger partial charge < -0.3 is 9.15 Å². The topological polar surface area (TPSA) is 65.2 Å². The van der Waals surface area contributed by atoms with Crippen molar-refractivity contribution in [3.05, 3.63) is 35.7 Å². The zero-order valence-electron chi connectivity index (χ0n) is 11.9. The third-order valence-corrected chi connectivity index (χ3v) is 3.88. The first-order chi connectivity index (χ1) is 10.2. The van der Waals surface area contributed by atoms with E-state index in [4.69, 9.17) is 9.15 Å². The second-order valence-corrected chi connectivity index (χ2v) is 5.86. The lowest BCUT2D eigenvalue weighted by molar-refractivity contribution is 0.102. The highest BCUT2D eigenvalue weighted by molar-refractivity contribution is 7.99. The van der Waals surface area contributed by atoms with Gasteiger partial charge in [0.15, 0.2) is 5.78 Å². The molecular formula is C14H16N2O3S2. The fraction of sp³-hybridized carbons (Fsp3) is 0.357. The molecule has 0 fully saturated rings. The Morgan fingerprint density at radius 1 is 1.29 bits per heavy atom. The number of carbonyl (C=O) groups excluding carboxylic acids is 1. The molecule has 0 saturated carbocycles. The number of nitrogens with zero attached hydrogens (tertiary/aromatic N) is 2. The van der Waals surface area contributed by atoms with Crippen molar-refractivity contribution in [2.24, 2.45) is 0 Å². The number of hydrogen-bond donors (Lipinski definition) is 0. The predicted octanol–water partition coefficient (Wildman–Crippen LogP) is 3.31. The third-order valence-electron chi connectivity index (χ3n) is 2.53. The predicted molar refractivity (Wildman–Crippen MR) is 84.2 cm³/mol. The van der Waals surface area contributed by atoms with Crippen molar-refractivity contribution in [2.75, 3.05) is 18.6 Å². The Bertz CT molecular complexity index is 584. The van der Waals surface area contributed by atoms with Gasteiger partial charge in [-0.15, -0.1) is 10.2 Å². The average molecular weight is 324 g/mol. The highest BCUT2D eigenvalue weighted by Crippen LogP contribution is 2.20. The summed E-state index contributed by atoms with van der Waals surface area (Å²) in [6.45, 7) is 2.53. The summed E-state index contributed by atoms with van der Waals surface area (Å²) >= 11 is 2.86. The Morgan fingerprint density at radius 3 is 2.71 bits per heavy atom. The van der Waals surface area contributed by atoms with Crippen LogP contribution in [-0.4, -0.2) is 34.6 Å². The molecule has 1 heterocycles. The van der Waals surface area contributed by atoms with E-state index < -0.39 is 0 Å². The van der Waals surface area contributed by atoms with Crippen molar-refractivity contribution in [2.45, 2.75) is 17.9 Å². The minimum absolute atomic E-state index is 0.0210. The van der Waals surface area contributed by atoms with Crippen LogP contribution >= 0.6 is 23.5 Å². The maximum atomic E-state index is 12.1. The van der Waals surface area contributed by atoms with Crippen LogP contribution in [0, 0.1) is 0 Å². The molecule has 2 rings (SSSR count). The normalized spacial score (nSPS) is 10.6. The lowest BCUT2D eigenvalue weighted by Crippen LogP contribution is -2.02. The van der Waals surface area contributed by atoms with E-state index in [2.05, 4.69) is 10.2 Å². The van der Waals surface area contributed by atoms with Crippen molar-refractivity contribution < 1.29 is 13.9 Å². The van der Waals surface area contributed by atoms with Crippen molar-refractivity contribution in [1.82, 2.24) is 10.2 Å². The molecule has 7 heteroatoms. The molecule has 0 saturated heterocycles. The molecule has 0 spiro atoms. The van der Waals surface area contributed by atoms with Crippen LogP contribution in [0.2, 0.25) is 0 Å². The summed E-state index contributed by atoms with van der Waals surface area (Å²) in [5.41, 5.74) is 0.648. The molecule has 0 radical (unpaired) electrons. The molecule has 0 bridgehead atoms. The van der Waals surface area contributed by atoms with E-state index in [0.29, 0.717) is 29.0 Å². The van der Waals surface area contributed by atoms with E-state index in [-0.39, 0.29) is 11.5 Å². The largest absolute Gasteiger partial charge is 0.494 e. The second kappa shape index (κ2) is 8.09. The molecule has 1 aromatic carbocycles. The van der Waals surface area contributed by atoms with Gasteiger partial charge in [-0.05, 0) is 37.4 Å². The van der Waals surface area contributed by atoms with Crippen LogP contribution < -0.4 is 4.74 Å². The quantitative estimate of drug-likeness (QED) is 0.545. The molecule has 112 valence electrons. The minimum atomic E-state index is 0.0210. The molecule has 0 aliphatic rings. The summed E-state index contributed by atoms with van der Waals surface area (Å²) in [5, 5.41) is 8.23. The Labute approximate surface area is 131 Å². The molecule has 0 N–H and O–H groups in total. The first kappa shape index (κ1) is 15.9. The molecule has 0 amide bonds. The van der Waals surface area contributed by atoms with E-state index in [1.165, 1.54) is 11.8 Å². The van der Waals surface area contributed by atoms with Crippen LogP contribution in [0.5, 0.6) is 5.75 Å². The number of benzene rings is 1. The number of rotatable bonds is 8. The van der Waals surface area contributed by atoms with E-state index in [0.717, 1.165) is 5.75 Å². The molecule has 1 aromatic heterocycles. The van der Waals surface area contributed by atoms with Gasteiger partial charge >= 0.3 is 0 Å². The van der Waals surface area contributed by atoms with Crippen LogP contribution in [-0.2, 0) is 5.75 Å². The Hall–Kier alpha value is -1.47. The van der Waals surface area contributed by atoms with Gasteiger partial charge in [0, 0.05) is 5.56 Å². The average Bonchev–Trinajstić information content (AvgIpc) is 2.94. The zero-order valence-corrected chi connectivity index (χ0v) is 13.5. The van der Waals surface area contributed by atoms with Crippen LogP contribution in [0.15, 0.2) is 33.9 Å². The summed E-state index contributed by atoms with van der Waals surface area (Å²) in [5.74, 6) is 2.32. The molecule has 0 atom stereocenters. The number of ketones is 1. The van der Waals surface area contributed by atoms with Crippen molar-refractivity contribution in [3.8, 4) is 5.75 Å². The molecule has 5 nitrogen and oxygen atoms in total. The fourth-order valence-corrected chi connectivity index (χ4v) is 2.63. The zero-order chi connectivity index (χ0) is 15.1. The maximum Gasteiger partial charge on any atom is 0.277 e. The lowest BCUT2D eigenvalue weighted by Gasteiger charge is -2.03.